The Kier molecular flexibility index (Phi) is 3.26. The maximum atomic E-state index is 2.42. The Morgan fingerprint density at radius 2 is 1.80 bits per heavy atom. The van der Waals surface area contributed by atoms with Crippen LogP contribution < -0.4 is 0 Å². The fraction of sp³-hybridized carbons (Fsp3) is 0.231. The minimum Gasteiger partial charge on any atom is -0.305 e. The van der Waals surface area contributed by atoms with Gasteiger partial charge in [-0.2, -0.15) is 0 Å². The molecular formula is C13H14IN. The summed E-state index contributed by atoms with van der Waals surface area (Å²) in [4.78, 5) is 2.21. The summed E-state index contributed by atoms with van der Waals surface area (Å²) in [5, 5.41) is 2.70. The number of halogens is 1. The SMILES string of the molecule is CN(C)Cc1c(I)ccc2ccccc12. The van der Waals surface area contributed by atoms with Gasteiger partial charge >= 0.3 is 0 Å². The Hall–Kier alpha value is -0.610. The minimum atomic E-state index is 1.000. The van der Waals surface area contributed by atoms with Crippen molar-refractivity contribution in [3.05, 3.63) is 45.5 Å². The van der Waals surface area contributed by atoms with Gasteiger partial charge in [0.2, 0.25) is 0 Å². The van der Waals surface area contributed by atoms with Crippen LogP contribution in [0, 0.1) is 3.57 Å². The number of hydrogen-bond acceptors (Lipinski definition) is 1. The van der Waals surface area contributed by atoms with E-state index in [4.69, 9.17) is 0 Å². The second kappa shape index (κ2) is 4.49. The molecular weight excluding hydrogens is 297 g/mol. The number of nitrogens with zero attached hydrogens (tertiary/aromatic N) is 1. The Bertz CT molecular complexity index is 477. The minimum absolute atomic E-state index is 1.000. The van der Waals surface area contributed by atoms with Gasteiger partial charge in [-0.3, -0.25) is 0 Å². The highest BCUT2D eigenvalue weighted by atomic mass is 127. The van der Waals surface area contributed by atoms with Crippen molar-refractivity contribution >= 4 is 33.4 Å². The van der Waals surface area contributed by atoms with Crippen molar-refractivity contribution in [1.82, 2.24) is 4.90 Å². The lowest BCUT2D eigenvalue weighted by Gasteiger charge is -2.14. The zero-order valence-corrected chi connectivity index (χ0v) is 11.2. The molecule has 0 aliphatic rings. The molecule has 2 heteroatoms. The summed E-state index contributed by atoms with van der Waals surface area (Å²) in [7, 11) is 4.22. The van der Waals surface area contributed by atoms with Crippen LogP contribution in [0.1, 0.15) is 5.56 Å². The van der Waals surface area contributed by atoms with Gasteiger partial charge in [0.05, 0.1) is 0 Å². The highest BCUT2D eigenvalue weighted by Crippen LogP contribution is 2.24. The third-order valence-corrected chi connectivity index (χ3v) is 3.47. The van der Waals surface area contributed by atoms with E-state index in [1.54, 1.807) is 0 Å². The normalized spacial score (nSPS) is 11.2. The lowest BCUT2D eigenvalue weighted by atomic mass is 10.0. The van der Waals surface area contributed by atoms with Crippen LogP contribution in [0.5, 0.6) is 0 Å². The highest BCUT2D eigenvalue weighted by molar-refractivity contribution is 14.1. The molecule has 0 spiro atoms. The van der Waals surface area contributed by atoms with E-state index in [0.717, 1.165) is 6.54 Å². The van der Waals surface area contributed by atoms with E-state index in [9.17, 15) is 0 Å². The van der Waals surface area contributed by atoms with Crippen LogP contribution in [-0.2, 0) is 6.54 Å². The zero-order valence-electron chi connectivity index (χ0n) is 9.00. The first-order chi connectivity index (χ1) is 7.18. The number of fused-ring (bicyclic) bond motifs is 1. The van der Waals surface area contributed by atoms with Crippen LogP contribution in [0.4, 0.5) is 0 Å². The third-order valence-electron chi connectivity index (χ3n) is 2.46. The van der Waals surface area contributed by atoms with E-state index < -0.39 is 0 Å². The van der Waals surface area contributed by atoms with Crippen molar-refractivity contribution in [2.75, 3.05) is 14.1 Å². The molecule has 2 aromatic rings. The van der Waals surface area contributed by atoms with E-state index >= 15 is 0 Å². The van der Waals surface area contributed by atoms with Gasteiger partial charge in [-0.15, -0.1) is 0 Å². The monoisotopic (exact) mass is 311 g/mol. The molecule has 0 amide bonds. The van der Waals surface area contributed by atoms with E-state index in [2.05, 4.69) is 78.0 Å². The second-order valence-electron chi connectivity index (χ2n) is 3.98. The molecule has 0 bridgehead atoms. The van der Waals surface area contributed by atoms with Gasteiger partial charge in [0.25, 0.3) is 0 Å². The predicted octanol–water partition coefficient (Wildman–Crippen LogP) is 3.51. The standard InChI is InChI=1S/C13H14IN/c1-15(2)9-12-11-6-4-3-5-10(11)7-8-13(12)14/h3-8H,9H2,1-2H3. The summed E-state index contributed by atoms with van der Waals surface area (Å²) in [6, 6.07) is 13.0. The van der Waals surface area contributed by atoms with Crippen molar-refractivity contribution in [2.24, 2.45) is 0 Å². The molecule has 0 atom stereocenters. The molecule has 0 aliphatic carbocycles. The van der Waals surface area contributed by atoms with Crippen LogP contribution in [0.25, 0.3) is 10.8 Å². The zero-order chi connectivity index (χ0) is 10.8. The summed E-state index contributed by atoms with van der Waals surface area (Å²) < 4.78 is 1.35. The van der Waals surface area contributed by atoms with Crippen LogP contribution in [0.3, 0.4) is 0 Å². The lowest BCUT2D eigenvalue weighted by Crippen LogP contribution is -2.12. The van der Waals surface area contributed by atoms with Crippen molar-refractivity contribution in [3.63, 3.8) is 0 Å². The lowest BCUT2D eigenvalue weighted by molar-refractivity contribution is 0.403. The topological polar surface area (TPSA) is 3.24 Å². The van der Waals surface area contributed by atoms with E-state index in [0.29, 0.717) is 0 Å². The van der Waals surface area contributed by atoms with Crippen molar-refractivity contribution in [1.29, 1.82) is 0 Å². The molecule has 15 heavy (non-hydrogen) atoms. The van der Waals surface area contributed by atoms with Crippen LogP contribution >= 0.6 is 22.6 Å². The maximum Gasteiger partial charge on any atom is 0.0244 e. The Balaban J connectivity index is 2.63. The first-order valence-electron chi connectivity index (χ1n) is 4.99. The Labute approximate surface area is 104 Å². The summed E-state index contributed by atoms with van der Waals surface area (Å²) in [5.74, 6) is 0. The fourth-order valence-electron chi connectivity index (χ4n) is 1.79. The molecule has 78 valence electrons. The summed E-state index contributed by atoms with van der Waals surface area (Å²) in [5.41, 5.74) is 1.43. The van der Waals surface area contributed by atoms with Gasteiger partial charge in [-0.05, 0) is 59.1 Å². The van der Waals surface area contributed by atoms with Crippen LogP contribution in [0.2, 0.25) is 0 Å². The molecule has 2 rings (SSSR count). The molecule has 0 aliphatic heterocycles. The summed E-state index contributed by atoms with van der Waals surface area (Å²) in [6.45, 7) is 1.000. The molecule has 0 fully saturated rings. The van der Waals surface area contributed by atoms with E-state index in [1.807, 2.05) is 0 Å². The third kappa shape index (κ3) is 2.32. The number of rotatable bonds is 2. The second-order valence-corrected chi connectivity index (χ2v) is 5.15. The molecule has 1 nitrogen and oxygen atoms in total. The fourth-order valence-corrected chi connectivity index (χ4v) is 2.43. The van der Waals surface area contributed by atoms with Crippen LogP contribution in [0.15, 0.2) is 36.4 Å². The van der Waals surface area contributed by atoms with Gasteiger partial charge < -0.3 is 4.90 Å². The summed E-state index contributed by atoms with van der Waals surface area (Å²) in [6.07, 6.45) is 0. The molecule has 0 heterocycles. The van der Waals surface area contributed by atoms with Gasteiger partial charge in [-0.1, -0.05) is 30.3 Å². The average Bonchev–Trinajstić information content (AvgIpc) is 2.22. The van der Waals surface area contributed by atoms with E-state index in [1.165, 1.54) is 19.9 Å². The van der Waals surface area contributed by atoms with Gasteiger partial charge in [-0.25, -0.2) is 0 Å². The predicted molar refractivity (Wildman–Crippen MR) is 74.1 cm³/mol. The van der Waals surface area contributed by atoms with E-state index in [-0.39, 0.29) is 0 Å². The molecule has 0 saturated heterocycles. The van der Waals surface area contributed by atoms with Gasteiger partial charge in [0.1, 0.15) is 0 Å². The largest absolute Gasteiger partial charge is 0.305 e. The van der Waals surface area contributed by atoms with Crippen molar-refractivity contribution in [3.8, 4) is 0 Å². The first-order valence-corrected chi connectivity index (χ1v) is 6.07. The summed E-state index contributed by atoms with van der Waals surface area (Å²) >= 11 is 2.42. The molecule has 0 N–H and O–H groups in total. The van der Waals surface area contributed by atoms with Gasteiger partial charge in [0.15, 0.2) is 0 Å². The first kappa shape index (κ1) is 10.9. The smallest absolute Gasteiger partial charge is 0.0244 e. The average molecular weight is 311 g/mol. The molecule has 0 saturated carbocycles. The van der Waals surface area contributed by atoms with Crippen molar-refractivity contribution < 1.29 is 0 Å². The highest BCUT2D eigenvalue weighted by Gasteiger charge is 2.05. The molecule has 0 radical (unpaired) electrons. The van der Waals surface area contributed by atoms with Gasteiger partial charge in [0, 0.05) is 10.1 Å². The van der Waals surface area contributed by atoms with Crippen molar-refractivity contribution in [2.45, 2.75) is 6.54 Å². The Morgan fingerprint density at radius 1 is 1.07 bits per heavy atom. The quantitative estimate of drug-likeness (QED) is 0.767. The molecule has 0 aromatic heterocycles. The maximum absolute atomic E-state index is 2.42. The Morgan fingerprint density at radius 3 is 2.53 bits per heavy atom. The van der Waals surface area contributed by atoms with Crippen LogP contribution in [-0.4, -0.2) is 19.0 Å². The molecule has 2 aromatic carbocycles. The number of hydrogen-bond donors (Lipinski definition) is 0. The number of benzene rings is 2. The molecule has 0 unspecified atom stereocenters.